The number of benzene rings is 1. The largest absolute Gasteiger partial charge is 0.393 e. The van der Waals surface area contributed by atoms with Gasteiger partial charge in [0.25, 0.3) is 0 Å². The summed E-state index contributed by atoms with van der Waals surface area (Å²) in [7, 11) is 0. The van der Waals surface area contributed by atoms with Crippen molar-refractivity contribution >= 4 is 34.8 Å². The van der Waals surface area contributed by atoms with Gasteiger partial charge in [-0.1, -0.05) is 23.2 Å². The van der Waals surface area contributed by atoms with Crippen LogP contribution in [0.4, 0.5) is 5.69 Å². The van der Waals surface area contributed by atoms with Gasteiger partial charge in [0.05, 0.1) is 22.2 Å². The van der Waals surface area contributed by atoms with Crippen molar-refractivity contribution < 1.29 is 9.90 Å². The van der Waals surface area contributed by atoms with Crippen molar-refractivity contribution in [1.29, 1.82) is 0 Å². The van der Waals surface area contributed by atoms with E-state index < -0.39 is 0 Å². The molecule has 0 aliphatic carbocycles. The van der Waals surface area contributed by atoms with Crippen LogP contribution in [0.5, 0.6) is 0 Å². The van der Waals surface area contributed by atoms with Gasteiger partial charge in [-0.2, -0.15) is 0 Å². The summed E-state index contributed by atoms with van der Waals surface area (Å²) in [6.07, 6.45) is 1.67. The number of amides is 1. The molecule has 1 aromatic carbocycles. The SMILES string of the molecule is CC(O)C1CCCN(C(C)C(=O)Nc2ccc(Cl)c(Cl)c2)C1. The lowest BCUT2D eigenvalue weighted by Gasteiger charge is -2.37. The number of nitrogens with one attached hydrogen (secondary N) is 1. The van der Waals surface area contributed by atoms with E-state index in [1.165, 1.54) is 0 Å². The zero-order valence-corrected chi connectivity index (χ0v) is 14.4. The summed E-state index contributed by atoms with van der Waals surface area (Å²) in [5, 5.41) is 13.5. The fourth-order valence-corrected chi connectivity index (χ4v) is 3.07. The minimum absolute atomic E-state index is 0.0790. The minimum Gasteiger partial charge on any atom is -0.393 e. The van der Waals surface area contributed by atoms with E-state index in [2.05, 4.69) is 10.2 Å². The summed E-state index contributed by atoms with van der Waals surface area (Å²) in [5.74, 6) is 0.151. The fraction of sp³-hybridized carbons (Fsp3) is 0.562. The summed E-state index contributed by atoms with van der Waals surface area (Å²) in [5.41, 5.74) is 0.635. The molecule has 1 aromatic rings. The summed E-state index contributed by atoms with van der Waals surface area (Å²) >= 11 is 11.8. The lowest BCUT2D eigenvalue weighted by molar-refractivity contribution is -0.121. The van der Waals surface area contributed by atoms with E-state index >= 15 is 0 Å². The predicted octanol–water partition coefficient (Wildman–Crippen LogP) is 3.41. The first-order valence-corrected chi connectivity index (χ1v) is 8.32. The molecule has 3 unspecified atom stereocenters. The molecule has 0 saturated carbocycles. The van der Waals surface area contributed by atoms with E-state index in [1.54, 1.807) is 18.2 Å². The van der Waals surface area contributed by atoms with Crippen LogP contribution >= 0.6 is 23.2 Å². The molecule has 3 atom stereocenters. The Morgan fingerprint density at radius 3 is 2.73 bits per heavy atom. The Morgan fingerprint density at radius 2 is 2.09 bits per heavy atom. The number of carbonyl (C=O) groups excluding carboxylic acids is 1. The average Bonchev–Trinajstić information content (AvgIpc) is 2.50. The molecule has 122 valence electrons. The first-order valence-electron chi connectivity index (χ1n) is 7.56. The number of hydrogen-bond acceptors (Lipinski definition) is 3. The highest BCUT2D eigenvalue weighted by Crippen LogP contribution is 2.26. The van der Waals surface area contributed by atoms with Crippen molar-refractivity contribution in [3.8, 4) is 0 Å². The molecule has 4 nitrogen and oxygen atoms in total. The highest BCUT2D eigenvalue weighted by atomic mass is 35.5. The molecule has 1 aliphatic heterocycles. The number of likely N-dealkylation sites (tertiary alicyclic amines) is 1. The molecule has 2 N–H and O–H groups in total. The Balaban J connectivity index is 1.97. The second-order valence-corrected chi connectivity index (χ2v) is 6.75. The first kappa shape index (κ1) is 17.5. The van der Waals surface area contributed by atoms with E-state index in [0.29, 0.717) is 15.7 Å². The summed E-state index contributed by atoms with van der Waals surface area (Å²) < 4.78 is 0. The van der Waals surface area contributed by atoms with Crippen molar-refractivity contribution in [2.75, 3.05) is 18.4 Å². The van der Waals surface area contributed by atoms with Gasteiger partial charge in [-0.05, 0) is 57.4 Å². The van der Waals surface area contributed by atoms with E-state index in [4.69, 9.17) is 23.2 Å². The zero-order valence-electron chi connectivity index (χ0n) is 12.9. The van der Waals surface area contributed by atoms with E-state index in [9.17, 15) is 9.90 Å². The van der Waals surface area contributed by atoms with Crippen LogP contribution in [-0.2, 0) is 4.79 Å². The molecule has 0 aromatic heterocycles. The molecule has 1 amide bonds. The Kier molecular flexibility index (Phi) is 6.09. The standard InChI is InChI=1S/C16H22Cl2N2O2/c1-10(20-7-3-4-12(9-20)11(2)21)16(22)19-13-5-6-14(17)15(18)8-13/h5-6,8,10-12,21H,3-4,7,9H2,1-2H3,(H,19,22). The molecule has 1 aliphatic rings. The number of aliphatic hydroxyl groups is 1. The van der Waals surface area contributed by atoms with Crippen LogP contribution < -0.4 is 5.32 Å². The van der Waals surface area contributed by atoms with Gasteiger partial charge < -0.3 is 10.4 Å². The summed E-state index contributed by atoms with van der Waals surface area (Å²) in [6, 6.07) is 4.78. The summed E-state index contributed by atoms with van der Waals surface area (Å²) in [4.78, 5) is 14.5. The molecule has 1 fully saturated rings. The van der Waals surface area contributed by atoms with E-state index in [1.807, 2.05) is 13.8 Å². The van der Waals surface area contributed by atoms with Crippen LogP contribution in [0.25, 0.3) is 0 Å². The van der Waals surface area contributed by atoms with E-state index in [-0.39, 0.29) is 24.0 Å². The van der Waals surface area contributed by atoms with Crippen LogP contribution in [0, 0.1) is 5.92 Å². The van der Waals surface area contributed by atoms with Gasteiger partial charge in [0.1, 0.15) is 0 Å². The van der Waals surface area contributed by atoms with Crippen molar-refractivity contribution in [1.82, 2.24) is 4.90 Å². The van der Waals surface area contributed by atoms with Crippen LogP contribution in [-0.4, -0.2) is 41.1 Å². The molecule has 2 rings (SSSR count). The highest BCUT2D eigenvalue weighted by molar-refractivity contribution is 6.42. The van der Waals surface area contributed by atoms with Crippen molar-refractivity contribution in [2.45, 2.75) is 38.8 Å². The Bertz CT molecular complexity index is 537. The van der Waals surface area contributed by atoms with Gasteiger partial charge in [0, 0.05) is 12.2 Å². The number of piperidine rings is 1. The maximum absolute atomic E-state index is 12.4. The summed E-state index contributed by atoms with van der Waals surface area (Å²) in [6.45, 7) is 5.32. The third kappa shape index (κ3) is 4.35. The van der Waals surface area contributed by atoms with Gasteiger partial charge in [-0.15, -0.1) is 0 Å². The third-order valence-corrected chi connectivity index (χ3v) is 5.02. The van der Waals surface area contributed by atoms with Gasteiger partial charge in [0.15, 0.2) is 0 Å². The molecule has 0 spiro atoms. The van der Waals surface area contributed by atoms with E-state index in [0.717, 1.165) is 25.9 Å². The van der Waals surface area contributed by atoms with Crippen molar-refractivity contribution in [3.63, 3.8) is 0 Å². The van der Waals surface area contributed by atoms with Crippen LogP contribution in [0.3, 0.4) is 0 Å². The molecular formula is C16H22Cl2N2O2. The molecule has 1 saturated heterocycles. The van der Waals surface area contributed by atoms with Gasteiger partial charge in [-0.25, -0.2) is 0 Å². The lowest BCUT2D eigenvalue weighted by atomic mass is 9.92. The molecule has 0 bridgehead atoms. The first-order chi connectivity index (χ1) is 10.4. The number of carbonyl (C=O) groups is 1. The number of aliphatic hydroxyl groups excluding tert-OH is 1. The van der Waals surface area contributed by atoms with Crippen LogP contribution in [0.1, 0.15) is 26.7 Å². The number of halogens is 2. The molecule has 6 heteroatoms. The number of anilines is 1. The monoisotopic (exact) mass is 344 g/mol. The zero-order chi connectivity index (χ0) is 16.3. The second-order valence-electron chi connectivity index (χ2n) is 5.93. The Hall–Kier alpha value is -0.810. The third-order valence-electron chi connectivity index (χ3n) is 4.29. The normalized spacial score (nSPS) is 22.1. The van der Waals surface area contributed by atoms with Crippen LogP contribution in [0.15, 0.2) is 18.2 Å². The van der Waals surface area contributed by atoms with Gasteiger partial charge in [0.2, 0.25) is 5.91 Å². The lowest BCUT2D eigenvalue weighted by Crippen LogP contribution is -2.48. The number of hydrogen-bond donors (Lipinski definition) is 2. The maximum Gasteiger partial charge on any atom is 0.241 e. The minimum atomic E-state index is -0.340. The number of nitrogens with zero attached hydrogens (tertiary/aromatic N) is 1. The predicted molar refractivity (Wildman–Crippen MR) is 90.5 cm³/mol. The molecular weight excluding hydrogens is 323 g/mol. The smallest absolute Gasteiger partial charge is 0.241 e. The average molecular weight is 345 g/mol. The van der Waals surface area contributed by atoms with Gasteiger partial charge in [-0.3, -0.25) is 9.69 Å². The molecule has 1 heterocycles. The second kappa shape index (κ2) is 7.64. The van der Waals surface area contributed by atoms with Crippen molar-refractivity contribution in [2.24, 2.45) is 5.92 Å². The van der Waals surface area contributed by atoms with Gasteiger partial charge >= 0.3 is 0 Å². The quantitative estimate of drug-likeness (QED) is 0.879. The molecule has 22 heavy (non-hydrogen) atoms. The number of rotatable bonds is 4. The van der Waals surface area contributed by atoms with Crippen LogP contribution in [0.2, 0.25) is 10.0 Å². The maximum atomic E-state index is 12.4. The topological polar surface area (TPSA) is 52.6 Å². The molecule has 0 radical (unpaired) electrons. The fourth-order valence-electron chi connectivity index (χ4n) is 2.77. The Labute approximate surface area is 141 Å². The highest BCUT2D eigenvalue weighted by Gasteiger charge is 2.29. The van der Waals surface area contributed by atoms with Crippen molar-refractivity contribution in [3.05, 3.63) is 28.2 Å². The Morgan fingerprint density at radius 1 is 1.36 bits per heavy atom.